The number of nitrogens with one attached hydrogen (secondary N) is 3. The second-order valence-corrected chi connectivity index (χ2v) is 13.0. The monoisotopic (exact) mass is 577 g/mol. The zero-order valence-corrected chi connectivity index (χ0v) is 23.4. The molecule has 2 atom stereocenters. The van der Waals surface area contributed by atoms with E-state index in [0.717, 1.165) is 34.2 Å². The Morgan fingerprint density at radius 2 is 1.88 bits per heavy atom. The number of nitrogens with two attached hydrogens (primary N) is 1. The maximum Gasteiger partial charge on any atom is 0.241 e. The molecule has 11 heteroatoms. The van der Waals surface area contributed by atoms with Gasteiger partial charge >= 0.3 is 0 Å². The number of hydrogen-bond donors (Lipinski definition) is 4. The van der Waals surface area contributed by atoms with Gasteiger partial charge < -0.3 is 15.2 Å². The Balaban J connectivity index is 1.29. The summed E-state index contributed by atoms with van der Waals surface area (Å²) in [6.07, 6.45) is 2.12. The third-order valence-electron chi connectivity index (χ3n) is 7.29. The highest BCUT2D eigenvalue weighted by molar-refractivity contribution is 7.89. The van der Waals surface area contributed by atoms with Crippen molar-refractivity contribution in [3.05, 3.63) is 94.5 Å². The summed E-state index contributed by atoms with van der Waals surface area (Å²) >= 11 is 1.46. The first-order valence-corrected chi connectivity index (χ1v) is 15.5. The molecule has 0 radical (unpaired) electrons. The number of fused-ring (bicyclic) bond motifs is 1. The number of ether oxygens (including phenoxy) is 2. The minimum atomic E-state index is -3.93. The van der Waals surface area contributed by atoms with Crippen LogP contribution < -0.4 is 15.8 Å². The number of nitrogen functional groups attached to an aromatic ring is 1. The van der Waals surface area contributed by atoms with E-state index in [1.165, 1.54) is 11.3 Å². The molecule has 0 saturated carbocycles. The van der Waals surface area contributed by atoms with Gasteiger partial charge in [-0.1, -0.05) is 42.5 Å². The molecule has 208 valence electrons. The van der Waals surface area contributed by atoms with Gasteiger partial charge in [0.2, 0.25) is 10.0 Å². The van der Waals surface area contributed by atoms with Crippen molar-refractivity contribution >= 4 is 37.4 Å². The number of aromatic nitrogens is 1. The van der Waals surface area contributed by atoms with E-state index in [0.29, 0.717) is 36.8 Å². The van der Waals surface area contributed by atoms with Crippen LogP contribution in [0.3, 0.4) is 0 Å². The second-order valence-electron chi connectivity index (χ2n) is 10.2. The molecule has 2 aliphatic heterocycles. The van der Waals surface area contributed by atoms with Crippen molar-refractivity contribution in [3.63, 3.8) is 0 Å². The summed E-state index contributed by atoms with van der Waals surface area (Å²) in [5, 5.41) is 12.0. The summed E-state index contributed by atoms with van der Waals surface area (Å²) < 4.78 is 42.9. The molecule has 4 aromatic rings. The van der Waals surface area contributed by atoms with Crippen LogP contribution in [-0.4, -0.2) is 45.1 Å². The average molecular weight is 578 g/mol. The van der Waals surface area contributed by atoms with Gasteiger partial charge in [0.25, 0.3) is 0 Å². The van der Waals surface area contributed by atoms with Crippen LogP contribution in [0, 0.1) is 5.41 Å². The van der Waals surface area contributed by atoms with E-state index in [1.54, 1.807) is 24.3 Å². The van der Waals surface area contributed by atoms with E-state index in [1.807, 2.05) is 48.5 Å². The maximum atomic E-state index is 13.8. The topological polar surface area (TPSA) is 143 Å². The normalized spacial score (nSPS) is 20.4. The summed E-state index contributed by atoms with van der Waals surface area (Å²) in [7, 11) is -3.93. The number of para-hydroxylation sites is 1. The van der Waals surface area contributed by atoms with Crippen LogP contribution in [0.4, 0.5) is 0 Å². The SMILES string of the molecule is N=C(N)c1cccc(CC(NS(=O)(=O)c2cccc(C3(NC4CCOCC4)CO3)c2)c2nc3ccccc3s2)c1. The van der Waals surface area contributed by atoms with E-state index in [-0.39, 0.29) is 16.8 Å². The van der Waals surface area contributed by atoms with Gasteiger partial charge in [0.05, 0.1) is 27.8 Å². The first-order valence-electron chi connectivity index (χ1n) is 13.2. The summed E-state index contributed by atoms with van der Waals surface area (Å²) in [4.78, 5) is 4.92. The predicted molar refractivity (Wildman–Crippen MR) is 155 cm³/mol. The Hall–Kier alpha value is -3.19. The van der Waals surface area contributed by atoms with Crippen LogP contribution in [0.25, 0.3) is 10.2 Å². The van der Waals surface area contributed by atoms with Crippen molar-refractivity contribution in [2.75, 3.05) is 19.8 Å². The number of amidine groups is 1. The minimum Gasteiger partial charge on any atom is -0.384 e. The highest BCUT2D eigenvalue weighted by atomic mass is 32.2. The molecule has 0 spiro atoms. The highest BCUT2D eigenvalue weighted by Gasteiger charge is 2.48. The number of rotatable bonds is 10. The molecular weight excluding hydrogens is 546 g/mol. The molecule has 3 heterocycles. The molecule has 6 rings (SSSR count). The van der Waals surface area contributed by atoms with Gasteiger partial charge in [-0.2, -0.15) is 0 Å². The smallest absolute Gasteiger partial charge is 0.241 e. The Labute approximate surface area is 237 Å². The van der Waals surface area contributed by atoms with Crippen molar-refractivity contribution in [1.82, 2.24) is 15.0 Å². The first kappa shape index (κ1) is 27.0. The molecule has 2 unspecified atom stereocenters. The van der Waals surface area contributed by atoms with Crippen molar-refractivity contribution in [3.8, 4) is 0 Å². The molecule has 1 aromatic heterocycles. The molecule has 2 saturated heterocycles. The number of sulfonamides is 1. The largest absolute Gasteiger partial charge is 0.384 e. The Bertz CT molecular complexity index is 1610. The van der Waals surface area contributed by atoms with Crippen molar-refractivity contribution in [2.24, 2.45) is 5.73 Å². The van der Waals surface area contributed by atoms with Gasteiger partial charge in [-0.15, -0.1) is 11.3 Å². The number of hydrogen-bond acceptors (Lipinski definition) is 8. The molecule has 5 N–H and O–H groups in total. The van der Waals surface area contributed by atoms with Crippen LogP contribution in [0.2, 0.25) is 0 Å². The summed E-state index contributed by atoms with van der Waals surface area (Å²) in [5.74, 6) is -0.0404. The average Bonchev–Trinajstić information content (AvgIpc) is 3.61. The molecule has 2 fully saturated rings. The first-order chi connectivity index (χ1) is 19.3. The maximum absolute atomic E-state index is 13.8. The standard InChI is InChI=1S/C29H31N5O4S2/c30-27(31)20-6-3-5-19(15-20)16-25(28-32-24-9-1-2-10-26(24)39-28)34-40(35,36)23-8-4-7-21(17-23)29(18-38-29)33-22-11-13-37-14-12-22/h1-10,15,17,22,25,33-34H,11-14,16,18H2,(H3,30,31). The number of nitrogens with zero attached hydrogens (tertiary/aromatic N) is 1. The van der Waals surface area contributed by atoms with Crippen LogP contribution in [0.15, 0.2) is 77.7 Å². The molecule has 0 aliphatic carbocycles. The Kier molecular flexibility index (Phi) is 7.43. The lowest BCUT2D eigenvalue weighted by atomic mass is 10.0. The number of epoxide rings is 1. The van der Waals surface area contributed by atoms with E-state index in [9.17, 15) is 8.42 Å². The summed E-state index contributed by atoms with van der Waals surface area (Å²) in [6, 6.07) is 21.6. The van der Waals surface area contributed by atoms with Gasteiger partial charge in [0.15, 0.2) is 5.72 Å². The zero-order chi connectivity index (χ0) is 27.7. The fourth-order valence-electron chi connectivity index (χ4n) is 5.07. The minimum absolute atomic E-state index is 0.0404. The second kappa shape index (κ2) is 11.0. The Morgan fingerprint density at radius 1 is 1.10 bits per heavy atom. The van der Waals surface area contributed by atoms with Crippen LogP contribution in [0.5, 0.6) is 0 Å². The number of thiazole rings is 1. The van der Waals surface area contributed by atoms with Crippen LogP contribution in [-0.2, 0) is 31.6 Å². The highest BCUT2D eigenvalue weighted by Crippen LogP contribution is 2.38. The molecular formula is C29H31N5O4S2. The van der Waals surface area contributed by atoms with Crippen molar-refractivity contribution in [2.45, 2.75) is 42.0 Å². The van der Waals surface area contributed by atoms with Crippen molar-refractivity contribution in [1.29, 1.82) is 5.41 Å². The van der Waals surface area contributed by atoms with Gasteiger partial charge in [-0.25, -0.2) is 18.1 Å². The third-order valence-corrected chi connectivity index (χ3v) is 9.91. The zero-order valence-electron chi connectivity index (χ0n) is 21.8. The quantitative estimate of drug-likeness (QED) is 0.128. The van der Waals surface area contributed by atoms with Gasteiger partial charge in [0.1, 0.15) is 10.8 Å². The molecule has 2 aliphatic rings. The predicted octanol–water partition coefficient (Wildman–Crippen LogP) is 3.79. The van der Waals surface area contributed by atoms with E-state index >= 15 is 0 Å². The van der Waals surface area contributed by atoms with Crippen LogP contribution >= 0.6 is 11.3 Å². The fourth-order valence-corrected chi connectivity index (χ4v) is 7.41. The number of benzene rings is 3. The Morgan fingerprint density at radius 3 is 2.62 bits per heavy atom. The summed E-state index contributed by atoms with van der Waals surface area (Å²) in [6.45, 7) is 1.89. The lowest BCUT2D eigenvalue weighted by molar-refractivity contribution is 0.0659. The third kappa shape index (κ3) is 5.80. The van der Waals surface area contributed by atoms with Gasteiger partial charge in [-0.05, 0) is 55.2 Å². The molecule has 0 bridgehead atoms. The lowest BCUT2D eigenvalue weighted by Gasteiger charge is -2.27. The van der Waals surface area contributed by atoms with Crippen molar-refractivity contribution < 1.29 is 17.9 Å². The molecule has 0 amide bonds. The van der Waals surface area contributed by atoms with E-state index in [4.69, 9.17) is 25.6 Å². The van der Waals surface area contributed by atoms with E-state index < -0.39 is 21.8 Å². The summed E-state index contributed by atoms with van der Waals surface area (Å²) in [5.41, 5.74) is 8.07. The lowest BCUT2D eigenvalue weighted by Crippen LogP contribution is -2.42. The fraction of sp³-hybridized carbons (Fsp3) is 0.310. The van der Waals surface area contributed by atoms with Crippen LogP contribution in [0.1, 0.15) is 40.6 Å². The molecule has 40 heavy (non-hydrogen) atoms. The molecule has 3 aromatic carbocycles. The van der Waals surface area contributed by atoms with E-state index in [2.05, 4.69) is 10.0 Å². The molecule has 9 nitrogen and oxygen atoms in total. The van der Waals surface area contributed by atoms with Gasteiger partial charge in [-0.3, -0.25) is 10.7 Å². The van der Waals surface area contributed by atoms with Gasteiger partial charge in [0, 0.05) is 30.4 Å².